The number of hydrogen-bond donors (Lipinski definition) is 3. The molecule has 0 aliphatic rings. The van der Waals surface area contributed by atoms with Crippen LogP contribution in [0.3, 0.4) is 0 Å². The zero-order valence-electron chi connectivity index (χ0n) is 26.7. The molecule has 0 spiro atoms. The number of nitrogens with one attached hydrogen (secondary N) is 1. The van der Waals surface area contributed by atoms with Crippen LogP contribution in [0.15, 0.2) is 109 Å². The van der Waals surface area contributed by atoms with Gasteiger partial charge in [0, 0.05) is 49.9 Å². The van der Waals surface area contributed by atoms with Gasteiger partial charge in [-0.25, -0.2) is 0 Å². The fraction of sp³-hybridized carbons (Fsp3) is 0.100. The number of benzene rings is 6. The van der Waals surface area contributed by atoms with Crippen LogP contribution in [0.4, 0.5) is 11.4 Å². The van der Waals surface area contributed by atoms with Crippen LogP contribution in [0.5, 0.6) is 23.0 Å². The SMILES string of the molecule is COc1ccc(-c2c(N)c(-c3ccc(OC)cc3)c3c([nH]c4ccc(N)c(-c5ccc(OC)cc5)c43)c2-c2ccc(OC)cc2)cc1. The largest absolute Gasteiger partial charge is 0.497 e. The minimum absolute atomic E-state index is 0.641. The van der Waals surface area contributed by atoms with Crippen LogP contribution in [0.2, 0.25) is 0 Å². The van der Waals surface area contributed by atoms with Crippen molar-refractivity contribution in [3.8, 4) is 67.5 Å². The lowest BCUT2D eigenvalue weighted by molar-refractivity contribution is 0.414. The first kappa shape index (κ1) is 29.6. The van der Waals surface area contributed by atoms with Gasteiger partial charge in [-0.1, -0.05) is 48.5 Å². The summed E-state index contributed by atoms with van der Waals surface area (Å²) < 4.78 is 22.0. The summed E-state index contributed by atoms with van der Waals surface area (Å²) in [4.78, 5) is 3.81. The summed E-state index contributed by atoms with van der Waals surface area (Å²) in [6.45, 7) is 0. The zero-order chi connectivity index (χ0) is 32.7. The second-order valence-electron chi connectivity index (χ2n) is 11.3. The van der Waals surface area contributed by atoms with Crippen molar-refractivity contribution in [2.24, 2.45) is 0 Å². The molecule has 0 amide bonds. The molecule has 1 aromatic heterocycles. The number of ether oxygens (including phenoxy) is 4. The average molecular weight is 622 g/mol. The fourth-order valence-corrected chi connectivity index (χ4v) is 6.49. The van der Waals surface area contributed by atoms with Gasteiger partial charge in [-0.15, -0.1) is 0 Å². The monoisotopic (exact) mass is 621 g/mol. The number of rotatable bonds is 8. The molecule has 7 nitrogen and oxygen atoms in total. The molecule has 7 heteroatoms. The predicted molar refractivity (Wildman–Crippen MR) is 193 cm³/mol. The third-order valence-electron chi connectivity index (χ3n) is 8.80. The molecule has 47 heavy (non-hydrogen) atoms. The number of hydrogen-bond acceptors (Lipinski definition) is 6. The molecule has 7 aromatic rings. The van der Waals surface area contributed by atoms with Crippen LogP contribution in [0.25, 0.3) is 66.3 Å². The van der Waals surface area contributed by atoms with E-state index in [1.807, 2.05) is 97.1 Å². The highest BCUT2D eigenvalue weighted by molar-refractivity contribution is 6.28. The molecule has 5 N–H and O–H groups in total. The van der Waals surface area contributed by atoms with E-state index in [9.17, 15) is 0 Å². The molecule has 0 radical (unpaired) electrons. The van der Waals surface area contributed by atoms with E-state index in [0.29, 0.717) is 11.4 Å². The highest BCUT2D eigenvalue weighted by atomic mass is 16.5. The Morgan fingerprint density at radius 2 is 0.787 bits per heavy atom. The van der Waals surface area contributed by atoms with Crippen molar-refractivity contribution in [2.45, 2.75) is 0 Å². The normalized spacial score (nSPS) is 11.1. The van der Waals surface area contributed by atoms with Gasteiger partial charge in [0.25, 0.3) is 0 Å². The molecule has 6 aromatic carbocycles. The van der Waals surface area contributed by atoms with Crippen LogP contribution in [0.1, 0.15) is 0 Å². The molecule has 0 bridgehead atoms. The Balaban J connectivity index is 1.68. The maximum absolute atomic E-state index is 7.41. The van der Waals surface area contributed by atoms with E-state index < -0.39 is 0 Å². The summed E-state index contributed by atoms with van der Waals surface area (Å²) in [5.41, 5.74) is 25.0. The minimum atomic E-state index is 0.641. The number of nitrogen functional groups attached to an aromatic ring is 2. The summed E-state index contributed by atoms with van der Waals surface area (Å²) in [6, 6.07) is 36.0. The lowest BCUT2D eigenvalue weighted by Gasteiger charge is -2.21. The Morgan fingerprint density at radius 1 is 0.404 bits per heavy atom. The van der Waals surface area contributed by atoms with Crippen molar-refractivity contribution < 1.29 is 18.9 Å². The highest BCUT2D eigenvalue weighted by Crippen LogP contribution is 2.52. The van der Waals surface area contributed by atoms with Crippen molar-refractivity contribution in [3.63, 3.8) is 0 Å². The van der Waals surface area contributed by atoms with Crippen LogP contribution < -0.4 is 30.4 Å². The third-order valence-corrected chi connectivity index (χ3v) is 8.80. The van der Waals surface area contributed by atoms with Gasteiger partial charge in [-0.3, -0.25) is 0 Å². The molecular weight excluding hydrogens is 586 g/mol. The molecule has 234 valence electrons. The predicted octanol–water partition coefficient (Wildman–Crippen LogP) is 9.19. The van der Waals surface area contributed by atoms with Crippen LogP contribution >= 0.6 is 0 Å². The van der Waals surface area contributed by atoms with E-state index in [1.54, 1.807) is 28.4 Å². The van der Waals surface area contributed by atoms with Gasteiger partial charge >= 0.3 is 0 Å². The lowest BCUT2D eigenvalue weighted by Crippen LogP contribution is -2.00. The van der Waals surface area contributed by atoms with Gasteiger partial charge in [0.2, 0.25) is 0 Å². The first-order valence-corrected chi connectivity index (χ1v) is 15.2. The van der Waals surface area contributed by atoms with Crippen molar-refractivity contribution in [3.05, 3.63) is 109 Å². The van der Waals surface area contributed by atoms with Crippen LogP contribution in [-0.4, -0.2) is 33.4 Å². The van der Waals surface area contributed by atoms with Gasteiger partial charge in [-0.2, -0.15) is 0 Å². The lowest BCUT2D eigenvalue weighted by atomic mass is 9.84. The van der Waals surface area contributed by atoms with Crippen molar-refractivity contribution in [1.82, 2.24) is 4.98 Å². The Morgan fingerprint density at radius 3 is 1.21 bits per heavy atom. The molecule has 0 unspecified atom stereocenters. The molecule has 0 aliphatic carbocycles. The van der Waals surface area contributed by atoms with Gasteiger partial charge in [0.1, 0.15) is 23.0 Å². The Kier molecular flexibility index (Phi) is 7.58. The summed E-state index contributed by atoms with van der Waals surface area (Å²) in [5, 5.41) is 1.96. The van der Waals surface area contributed by atoms with Crippen LogP contribution in [0, 0.1) is 0 Å². The molecule has 1 heterocycles. The quantitative estimate of drug-likeness (QED) is 0.146. The van der Waals surface area contributed by atoms with Crippen LogP contribution in [-0.2, 0) is 0 Å². The van der Waals surface area contributed by atoms with Crippen molar-refractivity contribution >= 4 is 33.2 Å². The minimum Gasteiger partial charge on any atom is -0.497 e. The van der Waals surface area contributed by atoms with Gasteiger partial charge in [0.05, 0.1) is 34.0 Å². The molecule has 0 atom stereocenters. The Hall–Kier alpha value is -6.08. The van der Waals surface area contributed by atoms with E-state index in [4.69, 9.17) is 30.4 Å². The van der Waals surface area contributed by atoms with Crippen molar-refractivity contribution in [2.75, 3.05) is 39.9 Å². The number of anilines is 2. The van der Waals surface area contributed by atoms with E-state index >= 15 is 0 Å². The topological polar surface area (TPSA) is 105 Å². The summed E-state index contributed by atoms with van der Waals surface area (Å²) >= 11 is 0. The molecule has 0 saturated carbocycles. The molecule has 0 saturated heterocycles. The third kappa shape index (κ3) is 5.02. The number of nitrogens with two attached hydrogens (primary N) is 2. The second kappa shape index (κ2) is 12.0. The summed E-state index contributed by atoms with van der Waals surface area (Å²) in [5.74, 6) is 3.06. The molecule has 0 aliphatic heterocycles. The zero-order valence-corrected chi connectivity index (χ0v) is 26.7. The number of H-pyrrole nitrogens is 1. The summed E-state index contributed by atoms with van der Waals surface area (Å²) in [6.07, 6.45) is 0. The van der Waals surface area contributed by atoms with E-state index in [-0.39, 0.29) is 0 Å². The van der Waals surface area contributed by atoms with Gasteiger partial charge in [-0.05, 0) is 82.9 Å². The standard InChI is InChI=1S/C40H35N3O4/c1-44-27-13-5-23(6-14-27)33-31(41)21-22-32-37(33)38-35(25-9-17-29(46-3)18-10-25)39(42)34(24-7-15-28(45-2)16-8-24)36(40(38)43-32)26-11-19-30(47-4)20-12-26/h5-22,43H,41-42H2,1-4H3. The first-order chi connectivity index (χ1) is 22.9. The molecule has 7 rings (SSSR count). The second-order valence-corrected chi connectivity index (χ2v) is 11.3. The smallest absolute Gasteiger partial charge is 0.118 e. The number of aromatic amines is 1. The fourth-order valence-electron chi connectivity index (χ4n) is 6.49. The van der Waals surface area contributed by atoms with Crippen molar-refractivity contribution in [1.29, 1.82) is 0 Å². The van der Waals surface area contributed by atoms with Gasteiger partial charge in [0.15, 0.2) is 0 Å². The Bertz CT molecular complexity index is 2220. The maximum atomic E-state index is 7.41. The van der Waals surface area contributed by atoms with Gasteiger partial charge < -0.3 is 35.4 Å². The first-order valence-electron chi connectivity index (χ1n) is 15.2. The average Bonchev–Trinajstić information content (AvgIpc) is 3.50. The molecular formula is C40H35N3O4. The molecule has 0 fully saturated rings. The number of aromatic nitrogens is 1. The maximum Gasteiger partial charge on any atom is 0.118 e. The number of fused-ring (bicyclic) bond motifs is 3. The number of methoxy groups -OCH3 is 4. The summed E-state index contributed by atoms with van der Waals surface area (Å²) in [7, 11) is 6.66. The highest BCUT2D eigenvalue weighted by Gasteiger charge is 2.26. The van der Waals surface area contributed by atoms with E-state index in [2.05, 4.69) is 17.1 Å². The van der Waals surface area contributed by atoms with E-state index in [0.717, 1.165) is 89.3 Å². The van der Waals surface area contributed by atoms with E-state index in [1.165, 1.54) is 0 Å². The Labute approximate surface area is 273 Å².